The first-order chi connectivity index (χ1) is 4.59. The van der Waals surface area contributed by atoms with Crippen molar-refractivity contribution in [3.8, 4) is 0 Å². The lowest BCUT2D eigenvalue weighted by atomic mass is 10.5. The van der Waals surface area contributed by atoms with Crippen LogP contribution in [0.4, 0.5) is 8.78 Å². The van der Waals surface area contributed by atoms with Gasteiger partial charge in [0.2, 0.25) is 0 Å². The lowest BCUT2D eigenvalue weighted by molar-refractivity contribution is -0.138. The first kappa shape index (κ1) is 8.87. The molecule has 0 saturated carbocycles. The third-order valence-electron chi connectivity index (χ3n) is 0.699. The molecular formula is C5H7F2NO2. The number of hydrogen-bond donors (Lipinski definition) is 1. The molecule has 10 heavy (non-hydrogen) atoms. The van der Waals surface area contributed by atoms with Crippen molar-refractivity contribution in [2.24, 2.45) is 5.73 Å². The van der Waals surface area contributed by atoms with Gasteiger partial charge in [0, 0.05) is 0 Å². The van der Waals surface area contributed by atoms with Gasteiger partial charge in [0.15, 0.2) is 5.70 Å². The molecule has 58 valence electrons. The summed E-state index contributed by atoms with van der Waals surface area (Å²) in [5, 5.41) is 0. The highest BCUT2D eigenvalue weighted by Gasteiger charge is 2.11. The maximum atomic E-state index is 11.5. The zero-order chi connectivity index (χ0) is 8.15. The summed E-state index contributed by atoms with van der Waals surface area (Å²) in [6, 6.07) is 0. The van der Waals surface area contributed by atoms with Crippen molar-refractivity contribution in [2.45, 2.75) is 6.92 Å². The van der Waals surface area contributed by atoms with Crippen molar-refractivity contribution < 1.29 is 18.3 Å². The molecule has 0 atom stereocenters. The largest absolute Gasteiger partial charge is 0.461 e. The lowest BCUT2D eigenvalue weighted by Crippen LogP contribution is -2.15. The number of halogens is 2. The topological polar surface area (TPSA) is 52.3 Å². The van der Waals surface area contributed by atoms with Crippen LogP contribution in [0.3, 0.4) is 0 Å². The summed E-state index contributed by atoms with van der Waals surface area (Å²) in [6.45, 7) is 1.54. The monoisotopic (exact) mass is 151 g/mol. The Morgan fingerprint density at radius 1 is 1.60 bits per heavy atom. The second kappa shape index (κ2) is 3.81. The SMILES string of the molecule is CCOC(=O)C(N)=C(F)F. The fourth-order valence-corrected chi connectivity index (χ4v) is 0.286. The molecule has 0 aromatic rings. The molecule has 0 aromatic carbocycles. The van der Waals surface area contributed by atoms with Gasteiger partial charge in [-0.3, -0.25) is 0 Å². The highest BCUT2D eigenvalue weighted by Crippen LogP contribution is 2.02. The molecule has 0 aliphatic rings. The average Bonchev–Trinajstić information content (AvgIpc) is 1.87. The van der Waals surface area contributed by atoms with Gasteiger partial charge in [0.25, 0.3) is 0 Å². The smallest absolute Gasteiger partial charge is 0.359 e. The van der Waals surface area contributed by atoms with Gasteiger partial charge >= 0.3 is 12.0 Å². The van der Waals surface area contributed by atoms with Crippen molar-refractivity contribution in [1.29, 1.82) is 0 Å². The normalized spacial score (nSPS) is 8.70. The van der Waals surface area contributed by atoms with E-state index < -0.39 is 17.7 Å². The van der Waals surface area contributed by atoms with Gasteiger partial charge in [-0.1, -0.05) is 0 Å². The minimum Gasteiger partial charge on any atom is -0.461 e. The number of ether oxygens (including phenoxy) is 1. The van der Waals surface area contributed by atoms with E-state index in [-0.39, 0.29) is 6.61 Å². The van der Waals surface area contributed by atoms with E-state index in [2.05, 4.69) is 10.5 Å². The Morgan fingerprint density at radius 3 is 2.40 bits per heavy atom. The molecule has 0 heterocycles. The highest BCUT2D eigenvalue weighted by atomic mass is 19.3. The van der Waals surface area contributed by atoms with E-state index in [1.807, 2.05) is 0 Å². The molecular weight excluding hydrogens is 144 g/mol. The lowest BCUT2D eigenvalue weighted by Gasteiger charge is -1.98. The zero-order valence-electron chi connectivity index (χ0n) is 5.36. The molecule has 0 aliphatic carbocycles. The van der Waals surface area contributed by atoms with Crippen molar-refractivity contribution in [2.75, 3.05) is 6.61 Å². The van der Waals surface area contributed by atoms with E-state index in [0.29, 0.717) is 0 Å². The van der Waals surface area contributed by atoms with Crippen LogP contribution in [-0.2, 0) is 9.53 Å². The van der Waals surface area contributed by atoms with Gasteiger partial charge in [-0.25, -0.2) is 4.79 Å². The molecule has 0 bridgehead atoms. The van der Waals surface area contributed by atoms with Crippen LogP contribution in [0.5, 0.6) is 0 Å². The fourth-order valence-electron chi connectivity index (χ4n) is 0.286. The standard InChI is InChI=1S/C5H7F2NO2/c1-2-10-5(9)3(8)4(6)7/h2,8H2,1H3. The Morgan fingerprint density at radius 2 is 2.10 bits per heavy atom. The molecule has 3 nitrogen and oxygen atoms in total. The molecule has 0 spiro atoms. The summed E-state index contributed by atoms with van der Waals surface area (Å²) < 4.78 is 27.1. The van der Waals surface area contributed by atoms with Gasteiger partial charge < -0.3 is 10.5 Å². The maximum Gasteiger partial charge on any atom is 0.359 e. The Balaban J connectivity index is 4.09. The van der Waals surface area contributed by atoms with Gasteiger partial charge in [-0.05, 0) is 6.92 Å². The molecule has 0 radical (unpaired) electrons. The Labute approximate surface area is 56.5 Å². The van der Waals surface area contributed by atoms with Gasteiger partial charge in [0.1, 0.15) is 0 Å². The first-order valence-corrected chi connectivity index (χ1v) is 2.57. The Kier molecular flexibility index (Phi) is 3.38. The summed E-state index contributed by atoms with van der Waals surface area (Å²) >= 11 is 0. The van der Waals surface area contributed by atoms with Gasteiger partial charge in [-0.15, -0.1) is 0 Å². The second-order valence-corrected chi connectivity index (χ2v) is 1.39. The average molecular weight is 151 g/mol. The second-order valence-electron chi connectivity index (χ2n) is 1.39. The predicted molar refractivity (Wildman–Crippen MR) is 30.1 cm³/mol. The molecule has 0 amide bonds. The molecule has 5 heteroatoms. The van der Waals surface area contributed by atoms with Crippen molar-refractivity contribution >= 4 is 5.97 Å². The molecule has 0 unspecified atom stereocenters. The number of carbonyl (C=O) groups excluding carboxylic acids is 1. The number of rotatable bonds is 2. The van der Waals surface area contributed by atoms with E-state index in [9.17, 15) is 13.6 Å². The number of esters is 1. The van der Waals surface area contributed by atoms with Crippen LogP contribution in [0.2, 0.25) is 0 Å². The van der Waals surface area contributed by atoms with Crippen LogP contribution in [0.15, 0.2) is 11.8 Å². The highest BCUT2D eigenvalue weighted by molar-refractivity contribution is 5.87. The Hall–Kier alpha value is -1.13. The van der Waals surface area contributed by atoms with E-state index in [1.54, 1.807) is 0 Å². The van der Waals surface area contributed by atoms with E-state index in [4.69, 9.17) is 0 Å². The van der Waals surface area contributed by atoms with E-state index >= 15 is 0 Å². The third-order valence-corrected chi connectivity index (χ3v) is 0.699. The van der Waals surface area contributed by atoms with E-state index in [0.717, 1.165) is 0 Å². The Bertz CT molecular complexity index is 163. The molecule has 0 saturated heterocycles. The number of hydrogen-bond acceptors (Lipinski definition) is 3. The van der Waals surface area contributed by atoms with Crippen LogP contribution in [-0.4, -0.2) is 12.6 Å². The summed E-state index contributed by atoms with van der Waals surface area (Å²) in [4.78, 5) is 10.3. The first-order valence-electron chi connectivity index (χ1n) is 2.57. The minimum absolute atomic E-state index is 0.0345. The van der Waals surface area contributed by atoms with Gasteiger partial charge in [0.05, 0.1) is 6.61 Å². The van der Waals surface area contributed by atoms with Crippen LogP contribution in [0.1, 0.15) is 6.92 Å². The van der Waals surface area contributed by atoms with Crippen molar-refractivity contribution in [1.82, 2.24) is 0 Å². The summed E-state index contributed by atoms with van der Waals surface area (Å²) in [5.74, 6) is -1.18. The zero-order valence-corrected chi connectivity index (χ0v) is 5.36. The van der Waals surface area contributed by atoms with Gasteiger partial charge in [-0.2, -0.15) is 8.78 Å². The van der Waals surface area contributed by atoms with E-state index in [1.165, 1.54) is 6.92 Å². The third kappa shape index (κ3) is 2.43. The fraction of sp³-hybridized carbons (Fsp3) is 0.400. The number of carbonyl (C=O) groups is 1. The molecule has 0 aromatic heterocycles. The number of nitrogens with two attached hydrogens (primary N) is 1. The predicted octanol–water partition coefficient (Wildman–Crippen LogP) is 0.616. The van der Waals surface area contributed by atoms with Crippen LogP contribution < -0.4 is 5.73 Å². The minimum atomic E-state index is -2.21. The van der Waals surface area contributed by atoms with Crippen LogP contribution in [0, 0.1) is 0 Å². The quantitative estimate of drug-likeness (QED) is 0.464. The summed E-state index contributed by atoms with van der Waals surface area (Å²) in [6.07, 6.45) is -2.21. The molecule has 0 fully saturated rings. The molecule has 2 N–H and O–H groups in total. The van der Waals surface area contributed by atoms with Crippen molar-refractivity contribution in [3.05, 3.63) is 11.8 Å². The summed E-state index contributed by atoms with van der Waals surface area (Å²) in [7, 11) is 0. The maximum absolute atomic E-state index is 11.5. The summed E-state index contributed by atoms with van der Waals surface area (Å²) in [5.41, 5.74) is 3.48. The van der Waals surface area contributed by atoms with Crippen LogP contribution in [0.25, 0.3) is 0 Å². The molecule has 0 rings (SSSR count). The van der Waals surface area contributed by atoms with Crippen LogP contribution >= 0.6 is 0 Å². The van der Waals surface area contributed by atoms with Crippen molar-refractivity contribution in [3.63, 3.8) is 0 Å². The molecule has 0 aliphatic heterocycles.